The van der Waals surface area contributed by atoms with Crippen LogP contribution in [-0.4, -0.2) is 30.4 Å². The minimum Gasteiger partial charge on any atom is -0.271 e. The van der Waals surface area contributed by atoms with Gasteiger partial charge in [0.1, 0.15) is 9.92 Å². The summed E-state index contributed by atoms with van der Waals surface area (Å²) in [5.41, 5.74) is -5.29. The predicted molar refractivity (Wildman–Crippen MR) is 43.6 cm³/mol. The van der Waals surface area contributed by atoms with Gasteiger partial charge in [0.15, 0.2) is 0 Å². The van der Waals surface area contributed by atoms with Gasteiger partial charge in [0.05, 0.1) is 6.20 Å². The molecule has 0 aliphatic rings. The van der Waals surface area contributed by atoms with Gasteiger partial charge >= 0.3 is 5.51 Å². The van der Waals surface area contributed by atoms with Crippen molar-refractivity contribution in [3.8, 4) is 0 Å². The van der Waals surface area contributed by atoms with E-state index in [0.29, 0.717) is 6.20 Å². The first-order valence-electron chi connectivity index (χ1n) is 3.19. The average Bonchev–Trinajstić information content (AvgIpc) is 2.49. The summed E-state index contributed by atoms with van der Waals surface area (Å²) < 4.78 is 58.0. The second kappa shape index (κ2) is 3.46. The van der Waals surface area contributed by atoms with Crippen molar-refractivity contribution in [1.29, 1.82) is 0 Å². The molecule has 0 radical (unpaired) electrons. The number of hydrogen-bond donors (Lipinski definition) is 1. The second-order valence-corrected chi connectivity index (χ2v) is 4.94. The topological polar surface area (TPSA) is 62.8 Å². The SMILES string of the molecule is CSc1[nH]ncc1S(=O)(=O)C(F)(F)F. The maximum absolute atomic E-state index is 12.1. The van der Waals surface area contributed by atoms with Crippen molar-refractivity contribution in [2.24, 2.45) is 0 Å². The highest BCUT2D eigenvalue weighted by molar-refractivity contribution is 7.99. The van der Waals surface area contributed by atoms with Crippen LogP contribution in [0.2, 0.25) is 0 Å². The van der Waals surface area contributed by atoms with Crippen LogP contribution >= 0.6 is 11.8 Å². The lowest BCUT2D eigenvalue weighted by molar-refractivity contribution is -0.0437. The van der Waals surface area contributed by atoms with Crippen LogP contribution < -0.4 is 0 Å². The molecule has 80 valence electrons. The maximum Gasteiger partial charge on any atom is 0.502 e. The summed E-state index contributed by atoms with van der Waals surface area (Å²) in [7, 11) is -5.29. The van der Waals surface area contributed by atoms with Crippen LogP contribution in [0.15, 0.2) is 16.1 Å². The smallest absolute Gasteiger partial charge is 0.271 e. The van der Waals surface area contributed by atoms with E-state index in [0.717, 1.165) is 11.8 Å². The number of rotatable bonds is 2. The number of halogens is 3. The minimum absolute atomic E-state index is 0.123. The molecule has 1 heterocycles. The van der Waals surface area contributed by atoms with Crippen LogP contribution in [0, 0.1) is 0 Å². The van der Waals surface area contributed by atoms with Crippen LogP contribution in [0.3, 0.4) is 0 Å². The van der Waals surface area contributed by atoms with Gasteiger partial charge in [0, 0.05) is 0 Å². The Labute approximate surface area is 81.8 Å². The molecule has 14 heavy (non-hydrogen) atoms. The zero-order valence-corrected chi connectivity index (χ0v) is 8.42. The van der Waals surface area contributed by atoms with Crippen molar-refractivity contribution in [2.45, 2.75) is 15.4 Å². The molecule has 1 aromatic heterocycles. The van der Waals surface area contributed by atoms with Gasteiger partial charge in [-0.2, -0.15) is 18.3 Å². The summed E-state index contributed by atoms with van der Waals surface area (Å²) in [4.78, 5) is -0.836. The zero-order valence-electron chi connectivity index (χ0n) is 6.79. The molecule has 1 rings (SSSR count). The van der Waals surface area contributed by atoms with E-state index in [-0.39, 0.29) is 5.03 Å². The van der Waals surface area contributed by atoms with Crippen molar-refractivity contribution in [2.75, 3.05) is 6.26 Å². The van der Waals surface area contributed by atoms with Gasteiger partial charge in [0.25, 0.3) is 9.84 Å². The Morgan fingerprint density at radius 1 is 1.50 bits per heavy atom. The summed E-state index contributed by atoms with van der Waals surface area (Å²) in [6, 6.07) is 0. The highest BCUT2D eigenvalue weighted by Gasteiger charge is 2.48. The van der Waals surface area contributed by atoms with Gasteiger partial charge < -0.3 is 0 Å². The highest BCUT2D eigenvalue weighted by atomic mass is 32.2. The van der Waals surface area contributed by atoms with Gasteiger partial charge in [0.2, 0.25) is 0 Å². The first-order valence-corrected chi connectivity index (χ1v) is 5.90. The summed E-state index contributed by atoms with van der Waals surface area (Å²) in [6.45, 7) is 0. The number of sulfone groups is 1. The molecule has 0 unspecified atom stereocenters. The Kier molecular flexibility index (Phi) is 2.81. The van der Waals surface area contributed by atoms with E-state index in [1.54, 1.807) is 0 Å². The number of nitrogens with zero attached hydrogens (tertiary/aromatic N) is 1. The fraction of sp³-hybridized carbons (Fsp3) is 0.400. The molecule has 0 aliphatic carbocycles. The van der Waals surface area contributed by atoms with Crippen LogP contribution in [-0.2, 0) is 9.84 Å². The summed E-state index contributed by atoms with van der Waals surface area (Å²) in [5.74, 6) is 0. The molecule has 0 aliphatic heterocycles. The fourth-order valence-electron chi connectivity index (χ4n) is 0.726. The molecule has 4 nitrogen and oxygen atoms in total. The van der Waals surface area contributed by atoms with Crippen LogP contribution in [0.25, 0.3) is 0 Å². The molecule has 0 amide bonds. The van der Waals surface area contributed by atoms with E-state index in [2.05, 4.69) is 10.2 Å². The standard InChI is InChI=1S/C5H5F3N2O2S2/c1-13-4-3(2-9-10-4)14(11,12)5(6,7)8/h2H,1H3,(H,9,10). The molecule has 0 spiro atoms. The van der Waals surface area contributed by atoms with Crippen LogP contribution in [0.4, 0.5) is 13.2 Å². The van der Waals surface area contributed by atoms with Gasteiger partial charge in [-0.15, -0.1) is 11.8 Å². The molecule has 9 heteroatoms. The summed E-state index contributed by atoms with van der Waals surface area (Å²) in [5, 5.41) is 5.29. The Bertz CT molecular complexity index is 422. The Morgan fingerprint density at radius 2 is 2.07 bits per heavy atom. The average molecular weight is 246 g/mol. The molecule has 0 saturated carbocycles. The molecular formula is C5H5F3N2O2S2. The number of thioether (sulfide) groups is 1. The second-order valence-electron chi connectivity index (χ2n) is 2.22. The van der Waals surface area contributed by atoms with Gasteiger partial charge in [-0.1, -0.05) is 0 Å². The summed E-state index contributed by atoms with van der Waals surface area (Å²) in [6.07, 6.45) is 2.09. The van der Waals surface area contributed by atoms with Gasteiger partial charge in [-0.05, 0) is 6.26 Å². The first kappa shape index (κ1) is 11.4. The number of alkyl halides is 3. The van der Waals surface area contributed by atoms with Crippen molar-refractivity contribution in [1.82, 2.24) is 10.2 Å². The van der Waals surface area contributed by atoms with E-state index < -0.39 is 20.2 Å². The van der Waals surface area contributed by atoms with Gasteiger partial charge in [-0.25, -0.2) is 8.42 Å². The molecule has 0 fully saturated rings. The minimum atomic E-state index is -5.29. The molecular weight excluding hydrogens is 241 g/mol. The van der Waals surface area contributed by atoms with Crippen molar-refractivity contribution in [3.63, 3.8) is 0 Å². The van der Waals surface area contributed by atoms with Crippen molar-refractivity contribution >= 4 is 21.6 Å². The molecule has 0 atom stereocenters. The van der Waals surface area contributed by atoms with E-state index in [4.69, 9.17) is 0 Å². The van der Waals surface area contributed by atoms with E-state index >= 15 is 0 Å². The third-order valence-electron chi connectivity index (χ3n) is 1.37. The van der Waals surface area contributed by atoms with Crippen LogP contribution in [0.5, 0.6) is 0 Å². The highest BCUT2D eigenvalue weighted by Crippen LogP contribution is 2.33. The van der Waals surface area contributed by atoms with Gasteiger partial charge in [-0.3, -0.25) is 5.10 Å². The third kappa shape index (κ3) is 1.73. The lowest BCUT2D eigenvalue weighted by Crippen LogP contribution is -2.23. The quantitative estimate of drug-likeness (QED) is 0.802. The van der Waals surface area contributed by atoms with E-state index in [9.17, 15) is 21.6 Å². The Hall–Kier alpha value is -0.700. The van der Waals surface area contributed by atoms with Crippen LogP contribution in [0.1, 0.15) is 0 Å². The molecule has 0 bridgehead atoms. The number of nitrogens with one attached hydrogen (secondary N) is 1. The third-order valence-corrected chi connectivity index (χ3v) is 3.72. The summed E-state index contributed by atoms with van der Waals surface area (Å²) >= 11 is 0.848. The largest absolute Gasteiger partial charge is 0.502 e. The number of H-pyrrole nitrogens is 1. The lowest BCUT2D eigenvalue weighted by Gasteiger charge is -2.06. The van der Waals surface area contributed by atoms with Crippen molar-refractivity contribution < 1.29 is 21.6 Å². The lowest BCUT2D eigenvalue weighted by atomic mass is 10.7. The maximum atomic E-state index is 12.1. The molecule has 1 aromatic rings. The first-order chi connectivity index (χ1) is 6.30. The van der Waals surface area contributed by atoms with E-state index in [1.807, 2.05) is 0 Å². The Morgan fingerprint density at radius 3 is 2.50 bits per heavy atom. The number of hydrogen-bond acceptors (Lipinski definition) is 4. The number of aromatic nitrogens is 2. The molecule has 0 aromatic carbocycles. The molecule has 1 N–H and O–H groups in total. The molecule has 0 saturated heterocycles. The Balaban J connectivity index is 3.31. The number of aromatic amines is 1. The monoisotopic (exact) mass is 246 g/mol. The predicted octanol–water partition coefficient (Wildman–Crippen LogP) is 1.43. The van der Waals surface area contributed by atoms with Crippen molar-refractivity contribution in [3.05, 3.63) is 6.20 Å². The van der Waals surface area contributed by atoms with E-state index in [1.165, 1.54) is 6.26 Å². The fourth-order valence-corrected chi connectivity index (χ4v) is 2.43. The zero-order chi connectivity index (χ0) is 11.0. The normalized spacial score (nSPS) is 13.1.